The van der Waals surface area contributed by atoms with E-state index in [0.29, 0.717) is 34.6 Å². The first-order chi connectivity index (χ1) is 23.6. The van der Waals surface area contributed by atoms with Crippen LogP contribution in [-0.2, 0) is 50.7 Å². The van der Waals surface area contributed by atoms with Crippen molar-refractivity contribution in [2.45, 2.75) is 105 Å². The Labute approximate surface area is 287 Å². The van der Waals surface area contributed by atoms with E-state index in [0.717, 1.165) is 65.4 Å². The first kappa shape index (κ1) is 34.1. The summed E-state index contributed by atoms with van der Waals surface area (Å²) in [7, 11) is 0. The van der Waals surface area contributed by atoms with Gasteiger partial charge in [0.15, 0.2) is 11.4 Å². The largest absolute Gasteiger partial charge is 0.509 e. The fourth-order valence-electron chi connectivity index (χ4n) is 7.33. The number of rotatable bonds is 11. The Hall–Kier alpha value is -4.79. The number of ketones is 1. The number of carbonyl (C=O) groups is 3. The van der Waals surface area contributed by atoms with Gasteiger partial charge in [-0.05, 0) is 74.1 Å². The lowest BCUT2D eigenvalue weighted by Gasteiger charge is -2.36. The molecule has 1 N–H and O–H groups in total. The number of amides is 1. The summed E-state index contributed by atoms with van der Waals surface area (Å²) in [6.07, 6.45) is 4.40. The minimum atomic E-state index is -1.65. The van der Waals surface area contributed by atoms with Crippen LogP contribution in [0.4, 0.5) is 10.5 Å². The Morgan fingerprint density at radius 2 is 1.78 bits per heavy atom. The van der Waals surface area contributed by atoms with Crippen molar-refractivity contribution in [1.82, 2.24) is 9.55 Å². The molecule has 9 nitrogen and oxygen atoms in total. The number of hydrogen-bond acceptors (Lipinski definition) is 7. The molecule has 4 aromatic rings. The Balaban J connectivity index is 1.22. The average molecular weight is 664 g/mol. The lowest BCUT2D eigenvalue weighted by molar-refractivity contribution is -0.144. The van der Waals surface area contributed by atoms with E-state index in [-0.39, 0.29) is 49.0 Å². The number of aryl methyl sites for hydroxylation is 2. The van der Waals surface area contributed by atoms with Crippen molar-refractivity contribution in [3.8, 4) is 11.4 Å². The van der Waals surface area contributed by atoms with Crippen molar-refractivity contribution in [3.63, 3.8) is 0 Å². The van der Waals surface area contributed by atoms with Crippen LogP contribution in [0.2, 0.25) is 0 Å². The number of benzene rings is 2. The predicted molar refractivity (Wildman–Crippen MR) is 190 cm³/mol. The minimum absolute atomic E-state index is 0.0234. The number of unbranched alkanes of at least 4 members (excludes halogenated alkanes) is 2. The third-order valence-corrected chi connectivity index (χ3v) is 10.2. The Morgan fingerprint density at radius 3 is 2.49 bits per heavy atom. The Bertz CT molecular complexity index is 2000. The maximum Gasteiger partial charge on any atom is 0.509 e. The molecule has 0 radical (unpaired) electrons. The normalized spacial score (nSPS) is 16.9. The third-order valence-electron chi connectivity index (χ3n) is 10.2. The number of fused-ring (bicyclic) bond motifs is 5. The molecule has 3 heterocycles. The summed E-state index contributed by atoms with van der Waals surface area (Å²) < 4.78 is 13.2. The maximum absolute atomic E-state index is 14.0. The quantitative estimate of drug-likeness (QED) is 0.113. The number of pyridine rings is 2. The molecule has 6 rings (SSSR count). The van der Waals surface area contributed by atoms with Gasteiger partial charge in [-0.1, -0.05) is 70.7 Å². The van der Waals surface area contributed by atoms with Gasteiger partial charge < -0.3 is 19.4 Å². The van der Waals surface area contributed by atoms with E-state index >= 15 is 0 Å². The molecule has 1 amide bonds. The van der Waals surface area contributed by atoms with E-state index in [4.69, 9.17) is 14.5 Å². The number of aromatic nitrogens is 2. The van der Waals surface area contributed by atoms with Crippen molar-refractivity contribution < 1.29 is 23.9 Å². The molecule has 1 aliphatic heterocycles. The number of hydrogen-bond donors (Lipinski definition) is 1. The summed E-state index contributed by atoms with van der Waals surface area (Å²) >= 11 is 0. The second kappa shape index (κ2) is 14.0. The molecule has 2 atom stereocenters. The molecule has 256 valence electrons. The summed E-state index contributed by atoms with van der Waals surface area (Å²) in [5.41, 5.74) is 5.96. The molecular weight excluding hydrogens is 618 g/mol. The molecule has 0 bridgehead atoms. The van der Waals surface area contributed by atoms with Gasteiger partial charge in [-0.25, -0.2) is 9.78 Å². The first-order valence-corrected chi connectivity index (χ1v) is 17.6. The molecule has 49 heavy (non-hydrogen) atoms. The van der Waals surface area contributed by atoms with E-state index in [1.54, 1.807) is 35.8 Å². The van der Waals surface area contributed by atoms with E-state index < -0.39 is 11.8 Å². The van der Waals surface area contributed by atoms with Crippen molar-refractivity contribution in [1.29, 1.82) is 0 Å². The highest BCUT2D eigenvalue weighted by atomic mass is 16.7. The van der Waals surface area contributed by atoms with Crippen LogP contribution < -0.4 is 10.9 Å². The predicted octanol–water partition coefficient (Wildman–Crippen LogP) is 7.92. The van der Waals surface area contributed by atoms with Gasteiger partial charge in [0.1, 0.15) is 6.61 Å². The Kier molecular flexibility index (Phi) is 9.72. The number of nitrogens with zero attached hydrogens (tertiary/aromatic N) is 2. The topological polar surface area (TPSA) is 117 Å². The molecule has 0 spiro atoms. The van der Waals surface area contributed by atoms with Crippen LogP contribution in [0.5, 0.6) is 0 Å². The second-order valence-electron chi connectivity index (χ2n) is 13.4. The van der Waals surface area contributed by atoms with Crippen molar-refractivity contribution >= 4 is 34.4 Å². The molecule has 2 aromatic heterocycles. The van der Waals surface area contributed by atoms with Gasteiger partial charge in [-0.15, -0.1) is 0 Å². The number of carbonyl (C=O) groups excluding carboxylic acids is 3. The molecular formula is C40H45N3O6. The number of nitrogens with one attached hydrogen (secondary N) is 1. The summed E-state index contributed by atoms with van der Waals surface area (Å²) in [6, 6.07) is 15.1. The van der Waals surface area contributed by atoms with Gasteiger partial charge in [0, 0.05) is 40.1 Å². The van der Waals surface area contributed by atoms with Gasteiger partial charge in [0.2, 0.25) is 5.91 Å². The monoisotopic (exact) mass is 663 g/mol. The van der Waals surface area contributed by atoms with Crippen LogP contribution in [0, 0.1) is 12.8 Å². The average Bonchev–Trinajstić information content (AvgIpc) is 3.46. The van der Waals surface area contributed by atoms with Crippen molar-refractivity contribution in [3.05, 3.63) is 92.3 Å². The number of anilines is 1. The highest BCUT2D eigenvalue weighted by Crippen LogP contribution is 2.43. The van der Waals surface area contributed by atoms with E-state index in [2.05, 4.69) is 32.2 Å². The molecule has 2 aliphatic rings. The maximum atomic E-state index is 14.0. The minimum Gasteiger partial charge on any atom is -0.429 e. The number of ether oxygens (including phenoxy) is 2. The van der Waals surface area contributed by atoms with E-state index in [9.17, 15) is 19.2 Å². The van der Waals surface area contributed by atoms with Crippen LogP contribution in [-0.4, -0.2) is 27.4 Å². The van der Waals surface area contributed by atoms with Crippen LogP contribution in [0.1, 0.15) is 99.6 Å². The lowest BCUT2D eigenvalue weighted by Crippen LogP contribution is -2.46. The summed E-state index contributed by atoms with van der Waals surface area (Å²) in [6.45, 7) is 10.3. The summed E-state index contributed by atoms with van der Waals surface area (Å²) in [5, 5.41) is 4.03. The zero-order valence-electron chi connectivity index (χ0n) is 29.1. The van der Waals surface area contributed by atoms with E-state index in [1.807, 2.05) is 25.1 Å². The fraction of sp³-hybridized carbons (Fsp3) is 0.425. The molecule has 9 heteroatoms. The van der Waals surface area contributed by atoms with Crippen LogP contribution in [0.25, 0.3) is 22.3 Å². The van der Waals surface area contributed by atoms with Crippen LogP contribution in [0.15, 0.2) is 53.3 Å². The molecule has 0 saturated carbocycles. The van der Waals surface area contributed by atoms with Gasteiger partial charge in [-0.3, -0.25) is 14.4 Å². The molecule has 0 fully saturated rings. The standard InChI is InChI=1S/C40H45N3O6/c1-6-9-10-11-25(5)37(45)41-27-15-13-26(14-16-27)23-48-39(47)49-40(8-3)32-21-34-36-31(22-43(34)38(46)29(32)17-19-35(40)44)28(7-2)30-20-24(4)12-18-33(30)42-36/h12-16,18,20-21,25H,6-11,17,19,22-23H2,1-5H3,(H,41,45). The highest BCUT2D eigenvalue weighted by Gasteiger charge is 2.48. The van der Waals surface area contributed by atoms with E-state index in [1.165, 1.54) is 0 Å². The van der Waals surface area contributed by atoms with Gasteiger partial charge in [0.25, 0.3) is 5.56 Å². The summed E-state index contributed by atoms with van der Waals surface area (Å²) in [4.78, 5) is 58.5. The van der Waals surface area contributed by atoms with Crippen molar-refractivity contribution in [2.75, 3.05) is 5.32 Å². The SMILES string of the molecule is CCCCCC(C)C(=O)Nc1ccc(COC(=O)OC2(CC)C(=O)CCc3c2cc2n(c3=O)Cc3c-2nc2ccc(C)cc2c3CC)cc1. The highest BCUT2D eigenvalue weighted by molar-refractivity contribution is 5.94. The van der Waals surface area contributed by atoms with Crippen LogP contribution in [0.3, 0.4) is 0 Å². The molecule has 0 saturated heterocycles. The van der Waals surface area contributed by atoms with Gasteiger partial charge in [-0.2, -0.15) is 0 Å². The molecule has 2 unspecified atom stereocenters. The van der Waals surface area contributed by atoms with Gasteiger partial charge in [0.05, 0.1) is 23.4 Å². The summed E-state index contributed by atoms with van der Waals surface area (Å²) in [5.74, 6) is -0.365. The van der Waals surface area contributed by atoms with Crippen LogP contribution >= 0.6 is 0 Å². The van der Waals surface area contributed by atoms with Crippen molar-refractivity contribution in [2.24, 2.45) is 5.92 Å². The smallest absolute Gasteiger partial charge is 0.429 e. The second-order valence-corrected chi connectivity index (χ2v) is 13.4. The third kappa shape index (κ3) is 6.38. The fourth-order valence-corrected chi connectivity index (χ4v) is 7.33. The Morgan fingerprint density at radius 1 is 1.00 bits per heavy atom. The van der Waals surface area contributed by atoms with Gasteiger partial charge >= 0.3 is 6.16 Å². The zero-order chi connectivity index (χ0) is 34.9. The molecule has 1 aliphatic carbocycles. The first-order valence-electron chi connectivity index (χ1n) is 17.6. The number of Topliss-reactive ketones (excluding diaryl/α,β-unsaturated/α-hetero) is 1. The molecule has 2 aromatic carbocycles. The lowest BCUT2D eigenvalue weighted by atomic mass is 9.76. The zero-order valence-corrected chi connectivity index (χ0v) is 29.1.